The first-order chi connectivity index (χ1) is 12.2. The maximum absolute atomic E-state index is 12.3. The number of nitrogens with zero attached hydrogens (tertiary/aromatic N) is 5. The summed E-state index contributed by atoms with van der Waals surface area (Å²) in [6.07, 6.45) is 3.44. The number of rotatable bonds is 6. The molecular formula is C16H27N5O3S2. The second kappa shape index (κ2) is 7.77. The summed E-state index contributed by atoms with van der Waals surface area (Å²) in [5, 5.41) is 0.912. The molecule has 2 aliphatic rings. The number of carbonyl (C=O) groups is 1. The number of carbonyl (C=O) groups excluding carboxylic acids is 1. The highest BCUT2D eigenvalue weighted by Gasteiger charge is 2.37. The van der Waals surface area contributed by atoms with E-state index in [1.807, 2.05) is 23.9 Å². The van der Waals surface area contributed by atoms with Crippen LogP contribution >= 0.6 is 11.5 Å². The van der Waals surface area contributed by atoms with Gasteiger partial charge < -0.3 is 9.80 Å². The summed E-state index contributed by atoms with van der Waals surface area (Å²) in [5.41, 5.74) is 0. The Labute approximate surface area is 159 Å². The second-order valence-corrected chi connectivity index (χ2v) is 10.5. The maximum atomic E-state index is 12.3. The van der Waals surface area contributed by atoms with Crippen molar-refractivity contribution < 1.29 is 13.2 Å². The molecule has 2 saturated heterocycles. The molecule has 2 aliphatic heterocycles. The highest BCUT2D eigenvalue weighted by molar-refractivity contribution is 7.90. The van der Waals surface area contributed by atoms with Crippen LogP contribution < -0.4 is 4.90 Å². The summed E-state index contributed by atoms with van der Waals surface area (Å²) in [5.74, 6) is 1.01. The first kappa shape index (κ1) is 19.5. The van der Waals surface area contributed by atoms with Gasteiger partial charge in [-0.05, 0) is 18.8 Å². The van der Waals surface area contributed by atoms with Crippen LogP contribution in [0.25, 0.3) is 0 Å². The van der Waals surface area contributed by atoms with E-state index < -0.39 is 9.84 Å². The van der Waals surface area contributed by atoms with Crippen molar-refractivity contribution in [1.82, 2.24) is 19.2 Å². The molecule has 3 heterocycles. The quantitative estimate of drug-likeness (QED) is 0.684. The third-order valence-corrected chi connectivity index (χ3v) is 6.98. The SMILES string of the molecule is CN(C)c1nc(CN2CCC(N3CC(CS(C)(=O)=O)CC3=O)CC2)ns1. The van der Waals surface area contributed by atoms with Crippen molar-refractivity contribution in [1.29, 1.82) is 0 Å². The van der Waals surface area contributed by atoms with Crippen LogP contribution in [-0.2, 0) is 21.2 Å². The zero-order valence-electron chi connectivity index (χ0n) is 15.6. The van der Waals surface area contributed by atoms with Crippen LogP contribution in [0.15, 0.2) is 0 Å². The number of hydrogen-bond donors (Lipinski definition) is 0. The standard InChI is InChI=1S/C16H27N5O3S2/c1-19(2)16-17-14(18-25-16)10-20-6-4-13(5-7-20)21-9-12(8-15(21)22)11-26(3,23)24/h12-13H,4-11H2,1-3H3. The predicted octanol–water partition coefficient (Wildman–Crippen LogP) is 0.462. The minimum absolute atomic E-state index is 0.0563. The molecule has 0 spiro atoms. The van der Waals surface area contributed by atoms with Crippen LogP contribution in [0.3, 0.4) is 0 Å². The molecule has 0 radical (unpaired) electrons. The molecule has 146 valence electrons. The summed E-state index contributed by atoms with van der Waals surface area (Å²) in [6.45, 7) is 3.13. The average molecular weight is 402 g/mol. The second-order valence-electron chi connectivity index (χ2n) is 7.60. The number of aromatic nitrogens is 2. The van der Waals surface area contributed by atoms with Crippen LogP contribution in [0.5, 0.6) is 0 Å². The average Bonchev–Trinajstić information content (AvgIpc) is 3.13. The van der Waals surface area contributed by atoms with Crippen molar-refractivity contribution >= 4 is 32.4 Å². The molecule has 1 aromatic heterocycles. The molecule has 26 heavy (non-hydrogen) atoms. The Balaban J connectivity index is 1.49. The summed E-state index contributed by atoms with van der Waals surface area (Å²) < 4.78 is 27.4. The lowest BCUT2D eigenvalue weighted by molar-refractivity contribution is -0.130. The number of piperidine rings is 1. The first-order valence-corrected chi connectivity index (χ1v) is 11.7. The Bertz CT molecular complexity index is 741. The molecule has 8 nitrogen and oxygen atoms in total. The van der Waals surface area contributed by atoms with E-state index in [0.717, 1.165) is 43.4 Å². The summed E-state index contributed by atoms with van der Waals surface area (Å²) in [4.78, 5) is 23.0. The van der Waals surface area contributed by atoms with E-state index in [1.54, 1.807) is 0 Å². The van der Waals surface area contributed by atoms with Gasteiger partial charge in [0.2, 0.25) is 11.0 Å². The van der Waals surface area contributed by atoms with Crippen LogP contribution in [-0.4, -0.2) is 85.3 Å². The van der Waals surface area contributed by atoms with Gasteiger partial charge >= 0.3 is 0 Å². The van der Waals surface area contributed by atoms with E-state index in [2.05, 4.69) is 14.3 Å². The maximum Gasteiger partial charge on any atom is 0.223 e. The van der Waals surface area contributed by atoms with Crippen LogP contribution in [0.1, 0.15) is 25.1 Å². The van der Waals surface area contributed by atoms with Crippen molar-refractivity contribution in [2.75, 3.05) is 50.6 Å². The fraction of sp³-hybridized carbons (Fsp3) is 0.812. The molecule has 0 bridgehead atoms. The summed E-state index contributed by atoms with van der Waals surface area (Å²) in [7, 11) is 0.880. The minimum Gasteiger partial charge on any atom is -0.353 e. The Kier molecular flexibility index (Phi) is 5.83. The molecule has 1 unspecified atom stereocenters. The molecule has 10 heteroatoms. The van der Waals surface area contributed by atoms with E-state index >= 15 is 0 Å². The number of anilines is 1. The fourth-order valence-electron chi connectivity index (χ4n) is 3.78. The highest BCUT2D eigenvalue weighted by atomic mass is 32.2. The van der Waals surface area contributed by atoms with Crippen molar-refractivity contribution in [3.8, 4) is 0 Å². The van der Waals surface area contributed by atoms with Gasteiger partial charge in [-0.15, -0.1) is 0 Å². The smallest absolute Gasteiger partial charge is 0.223 e. The Morgan fingerprint density at radius 2 is 1.96 bits per heavy atom. The molecule has 1 atom stereocenters. The normalized spacial score (nSPS) is 23.0. The zero-order valence-corrected chi connectivity index (χ0v) is 17.2. The van der Waals surface area contributed by atoms with Crippen molar-refractivity contribution in [3.63, 3.8) is 0 Å². The molecule has 1 amide bonds. The van der Waals surface area contributed by atoms with Gasteiger partial charge in [-0.25, -0.2) is 13.4 Å². The molecule has 3 rings (SSSR count). The monoisotopic (exact) mass is 401 g/mol. The van der Waals surface area contributed by atoms with Gasteiger partial charge in [-0.1, -0.05) is 0 Å². The lowest BCUT2D eigenvalue weighted by Gasteiger charge is -2.36. The van der Waals surface area contributed by atoms with Crippen molar-refractivity contribution in [2.45, 2.75) is 31.8 Å². The van der Waals surface area contributed by atoms with Gasteiger partial charge in [0.15, 0.2) is 5.82 Å². The van der Waals surface area contributed by atoms with E-state index in [1.165, 1.54) is 17.8 Å². The highest BCUT2D eigenvalue weighted by Crippen LogP contribution is 2.27. The Morgan fingerprint density at radius 1 is 1.27 bits per heavy atom. The lowest BCUT2D eigenvalue weighted by Crippen LogP contribution is -2.45. The van der Waals surface area contributed by atoms with Gasteiger partial charge in [-0.3, -0.25) is 9.69 Å². The fourth-order valence-corrected chi connectivity index (χ4v) is 5.46. The van der Waals surface area contributed by atoms with Gasteiger partial charge in [0.25, 0.3) is 0 Å². The third-order valence-electron chi connectivity index (χ3n) is 4.98. The molecule has 0 aliphatic carbocycles. The summed E-state index contributed by atoms with van der Waals surface area (Å²) >= 11 is 1.41. The molecule has 2 fully saturated rings. The number of likely N-dealkylation sites (tertiary alicyclic amines) is 2. The van der Waals surface area contributed by atoms with E-state index in [9.17, 15) is 13.2 Å². The largest absolute Gasteiger partial charge is 0.353 e. The van der Waals surface area contributed by atoms with E-state index in [4.69, 9.17) is 0 Å². The zero-order chi connectivity index (χ0) is 18.9. The Morgan fingerprint density at radius 3 is 2.54 bits per heavy atom. The van der Waals surface area contributed by atoms with Crippen LogP contribution in [0.2, 0.25) is 0 Å². The van der Waals surface area contributed by atoms with Gasteiger partial charge in [-0.2, -0.15) is 4.37 Å². The molecule has 0 N–H and O–H groups in total. The van der Waals surface area contributed by atoms with Gasteiger partial charge in [0.1, 0.15) is 9.84 Å². The van der Waals surface area contributed by atoms with E-state index in [-0.39, 0.29) is 23.6 Å². The first-order valence-electron chi connectivity index (χ1n) is 8.90. The van der Waals surface area contributed by atoms with Crippen molar-refractivity contribution in [2.24, 2.45) is 5.92 Å². The van der Waals surface area contributed by atoms with Crippen molar-refractivity contribution in [3.05, 3.63) is 5.82 Å². The molecule has 0 aromatic carbocycles. The number of sulfone groups is 1. The van der Waals surface area contributed by atoms with Gasteiger partial charge in [0.05, 0.1) is 12.3 Å². The molecular weight excluding hydrogens is 374 g/mol. The summed E-state index contributed by atoms with van der Waals surface area (Å²) in [6, 6.07) is 0.226. The Hall–Kier alpha value is -1.26. The third kappa shape index (κ3) is 4.92. The van der Waals surface area contributed by atoms with Crippen LogP contribution in [0, 0.1) is 5.92 Å². The number of hydrogen-bond acceptors (Lipinski definition) is 8. The predicted molar refractivity (Wildman–Crippen MR) is 102 cm³/mol. The number of amides is 1. The molecule has 1 aromatic rings. The van der Waals surface area contributed by atoms with Crippen LogP contribution in [0.4, 0.5) is 5.13 Å². The topological polar surface area (TPSA) is 86.7 Å². The minimum atomic E-state index is -3.04. The van der Waals surface area contributed by atoms with E-state index in [0.29, 0.717) is 13.0 Å². The molecule has 0 saturated carbocycles. The van der Waals surface area contributed by atoms with Gasteiger partial charge in [0, 0.05) is 64.0 Å². The lowest BCUT2D eigenvalue weighted by atomic mass is 10.0.